The highest BCUT2D eigenvalue weighted by atomic mass is 16.5. The molecule has 0 radical (unpaired) electrons. The molecule has 0 fully saturated rings. The number of nitrogens with zero attached hydrogens (tertiary/aromatic N) is 2. The number of hydrogen-bond acceptors (Lipinski definition) is 4. The Balaban J connectivity index is 1.69. The van der Waals surface area contributed by atoms with Gasteiger partial charge in [0.15, 0.2) is 0 Å². The highest BCUT2D eigenvalue weighted by Gasteiger charge is 2.14. The number of nitrogens with two attached hydrogens (primary N) is 1. The second-order valence-corrected chi connectivity index (χ2v) is 6.53. The first-order valence-electron chi connectivity index (χ1n) is 9.49. The summed E-state index contributed by atoms with van der Waals surface area (Å²) in [6, 6.07) is 14.5. The summed E-state index contributed by atoms with van der Waals surface area (Å²) >= 11 is 0. The smallest absolute Gasteiger partial charge is 0.329 e. The van der Waals surface area contributed by atoms with Gasteiger partial charge in [0, 0.05) is 19.5 Å². The van der Waals surface area contributed by atoms with Crippen molar-refractivity contribution in [2.45, 2.75) is 32.9 Å². The average Bonchev–Trinajstić information content (AvgIpc) is 2.98. The fourth-order valence-corrected chi connectivity index (χ4v) is 3.18. The van der Waals surface area contributed by atoms with Gasteiger partial charge in [-0.3, -0.25) is 18.7 Å². The Morgan fingerprint density at radius 2 is 1.66 bits per heavy atom. The summed E-state index contributed by atoms with van der Waals surface area (Å²) < 4.78 is 8.84. The van der Waals surface area contributed by atoms with E-state index in [0.29, 0.717) is 18.0 Å². The van der Waals surface area contributed by atoms with Crippen LogP contribution >= 0.6 is 0 Å². The van der Waals surface area contributed by atoms with Crippen molar-refractivity contribution in [2.75, 3.05) is 11.9 Å². The molecule has 0 aliphatic carbocycles. The van der Waals surface area contributed by atoms with Crippen molar-refractivity contribution in [3.05, 3.63) is 59.0 Å². The molecule has 1 aromatic heterocycles. The molecule has 0 unspecified atom stereocenters. The van der Waals surface area contributed by atoms with Crippen LogP contribution in [0.3, 0.4) is 0 Å². The molecule has 3 rings (SSSR count). The first-order chi connectivity index (χ1) is 14.0. The normalized spacial score (nSPS) is 10.8. The molecule has 8 heteroatoms. The van der Waals surface area contributed by atoms with E-state index < -0.39 is 5.91 Å². The maximum atomic E-state index is 12.7. The van der Waals surface area contributed by atoms with Crippen molar-refractivity contribution in [3.8, 4) is 5.75 Å². The SMILES string of the molecule is CCn1c(=O)n(CCC(=O)Nc2ccccc2OCCC(N)=O)c2ccccc21. The van der Waals surface area contributed by atoms with Gasteiger partial charge < -0.3 is 15.8 Å². The highest BCUT2D eigenvalue weighted by molar-refractivity contribution is 5.92. The molecule has 2 amide bonds. The van der Waals surface area contributed by atoms with Gasteiger partial charge in [-0.15, -0.1) is 0 Å². The molecule has 0 spiro atoms. The van der Waals surface area contributed by atoms with Gasteiger partial charge in [0.25, 0.3) is 0 Å². The minimum atomic E-state index is -0.455. The third-order valence-electron chi connectivity index (χ3n) is 4.57. The first kappa shape index (κ1) is 20.2. The zero-order chi connectivity index (χ0) is 20.8. The number of aromatic nitrogens is 2. The molecule has 0 atom stereocenters. The second-order valence-electron chi connectivity index (χ2n) is 6.53. The fourth-order valence-electron chi connectivity index (χ4n) is 3.18. The van der Waals surface area contributed by atoms with Crippen LogP contribution in [0.5, 0.6) is 5.75 Å². The summed E-state index contributed by atoms with van der Waals surface area (Å²) in [7, 11) is 0. The first-order valence-corrected chi connectivity index (χ1v) is 9.49. The molecular weight excluding hydrogens is 372 g/mol. The van der Waals surface area contributed by atoms with E-state index in [1.54, 1.807) is 33.4 Å². The molecule has 0 saturated heterocycles. The standard InChI is InChI=1S/C21H24N4O4/c1-2-24-16-8-4-5-9-17(16)25(21(24)28)13-11-20(27)23-15-7-3-6-10-18(15)29-14-12-19(22)26/h3-10H,2,11-14H2,1H3,(H2,22,26)(H,23,27). The molecule has 3 N–H and O–H groups in total. The van der Waals surface area contributed by atoms with E-state index in [1.165, 1.54) is 0 Å². The molecule has 1 heterocycles. The molecule has 0 aliphatic heterocycles. The van der Waals surface area contributed by atoms with Crippen molar-refractivity contribution >= 4 is 28.5 Å². The van der Waals surface area contributed by atoms with Crippen LogP contribution in [0, 0.1) is 0 Å². The van der Waals surface area contributed by atoms with Gasteiger partial charge in [0.05, 0.1) is 29.7 Å². The average molecular weight is 396 g/mol. The molecule has 0 bridgehead atoms. The molecule has 29 heavy (non-hydrogen) atoms. The summed E-state index contributed by atoms with van der Waals surface area (Å²) in [5, 5.41) is 2.80. The van der Waals surface area contributed by atoms with E-state index in [4.69, 9.17) is 10.5 Å². The lowest BCUT2D eigenvalue weighted by molar-refractivity contribution is -0.118. The minimum Gasteiger partial charge on any atom is -0.491 e. The van der Waals surface area contributed by atoms with E-state index in [-0.39, 0.29) is 37.6 Å². The summed E-state index contributed by atoms with van der Waals surface area (Å²) in [5.41, 5.74) is 7.16. The van der Waals surface area contributed by atoms with E-state index in [0.717, 1.165) is 11.0 Å². The van der Waals surface area contributed by atoms with Crippen molar-refractivity contribution in [1.82, 2.24) is 9.13 Å². The Kier molecular flexibility index (Phi) is 6.33. The Labute approximate surface area is 167 Å². The monoisotopic (exact) mass is 396 g/mol. The van der Waals surface area contributed by atoms with Crippen LogP contribution < -0.4 is 21.5 Å². The topological polar surface area (TPSA) is 108 Å². The summed E-state index contributed by atoms with van der Waals surface area (Å²) in [4.78, 5) is 36.0. The van der Waals surface area contributed by atoms with Crippen molar-refractivity contribution in [3.63, 3.8) is 0 Å². The predicted octanol–water partition coefficient (Wildman–Crippen LogP) is 2.11. The van der Waals surface area contributed by atoms with Crippen LogP contribution in [0.25, 0.3) is 11.0 Å². The molecule has 0 aliphatic rings. The number of hydrogen-bond donors (Lipinski definition) is 2. The van der Waals surface area contributed by atoms with Gasteiger partial charge in [-0.05, 0) is 31.2 Å². The van der Waals surface area contributed by atoms with Crippen LogP contribution in [0.4, 0.5) is 5.69 Å². The Morgan fingerprint density at radius 1 is 1.00 bits per heavy atom. The lowest BCUT2D eigenvalue weighted by atomic mass is 10.2. The Bertz CT molecular complexity index is 1080. The van der Waals surface area contributed by atoms with Gasteiger partial charge >= 0.3 is 5.69 Å². The van der Waals surface area contributed by atoms with Gasteiger partial charge in [-0.2, -0.15) is 0 Å². The summed E-state index contributed by atoms with van der Waals surface area (Å²) in [6.07, 6.45) is 0.222. The predicted molar refractivity (Wildman–Crippen MR) is 111 cm³/mol. The van der Waals surface area contributed by atoms with E-state index in [1.807, 2.05) is 31.2 Å². The number of carbonyl (C=O) groups is 2. The Hall–Kier alpha value is -3.55. The van der Waals surface area contributed by atoms with Crippen LogP contribution in [-0.2, 0) is 22.7 Å². The molecule has 152 valence electrons. The van der Waals surface area contributed by atoms with Gasteiger partial charge in [0.1, 0.15) is 5.75 Å². The molecule has 3 aromatic rings. The zero-order valence-corrected chi connectivity index (χ0v) is 16.3. The van der Waals surface area contributed by atoms with E-state index in [9.17, 15) is 14.4 Å². The minimum absolute atomic E-state index is 0.0900. The third-order valence-corrected chi connectivity index (χ3v) is 4.57. The lowest BCUT2D eigenvalue weighted by Crippen LogP contribution is -2.25. The third kappa shape index (κ3) is 4.66. The number of aryl methyl sites for hydroxylation is 2. The number of benzene rings is 2. The van der Waals surface area contributed by atoms with Gasteiger partial charge in [0.2, 0.25) is 11.8 Å². The maximum Gasteiger partial charge on any atom is 0.329 e. The summed E-state index contributed by atoms with van der Waals surface area (Å²) in [6.45, 7) is 2.88. The number of amides is 2. The highest BCUT2D eigenvalue weighted by Crippen LogP contribution is 2.24. The molecule has 0 saturated carbocycles. The van der Waals surface area contributed by atoms with E-state index >= 15 is 0 Å². The second kappa shape index (κ2) is 9.09. The van der Waals surface area contributed by atoms with Crippen molar-refractivity contribution in [1.29, 1.82) is 0 Å². The molecular formula is C21H24N4O4. The molecule has 2 aromatic carbocycles. The Morgan fingerprint density at radius 3 is 2.34 bits per heavy atom. The van der Waals surface area contributed by atoms with Crippen LogP contribution in [0.15, 0.2) is 53.3 Å². The number of fused-ring (bicyclic) bond motifs is 1. The quantitative estimate of drug-likeness (QED) is 0.577. The number of ether oxygens (including phenoxy) is 1. The largest absolute Gasteiger partial charge is 0.491 e. The molecule has 8 nitrogen and oxygen atoms in total. The summed E-state index contributed by atoms with van der Waals surface area (Å²) in [5.74, 6) is -0.235. The van der Waals surface area contributed by atoms with Gasteiger partial charge in [-0.25, -0.2) is 4.79 Å². The lowest BCUT2D eigenvalue weighted by Gasteiger charge is -2.12. The number of carbonyl (C=O) groups excluding carboxylic acids is 2. The van der Waals surface area contributed by atoms with Crippen LogP contribution in [0.2, 0.25) is 0 Å². The number of para-hydroxylation sites is 4. The van der Waals surface area contributed by atoms with Gasteiger partial charge in [-0.1, -0.05) is 24.3 Å². The number of rotatable bonds is 9. The van der Waals surface area contributed by atoms with Crippen molar-refractivity contribution in [2.24, 2.45) is 5.73 Å². The zero-order valence-electron chi connectivity index (χ0n) is 16.3. The van der Waals surface area contributed by atoms with Crippen molar-refractivity contribution < 1.29 is 14.3 Å². The van der Waals surface area contributed by atoms with E-state index in [2.05, 4.69) is 5.32 Å². The number of imidazole rings is 1. The fraction of sp³-hybridized carbons (Fsp3) is 0.286. The maximum absolute atomic E-state index is 12.7. The number of primary amides is 1. The van der Waals surface area contributed by atoms with Crippen LogP contribution in [0.1, 0.15) is 19.8 Å². The van der Waals surface area contributed by atoms with Crippen LogP contribution in [-0.4, -0.2) is 27.6 Å². The number of nitrogens with one attached hydrogen (secondary N) is 1. The number of anilines is 1.